The van der Waals surface area contributed by atoms with Crippen LogP contribution in [-0.4, -0.2) is 36.2 Å². The molecule has 1 aliphatic carbocycles. The Morgan fingerprint density at radius 2 is 1.87 bits per heavy atom. The summed E-state index contributed by atoms with van der Waals surface area (Å²) in [6.07, 6.45) is 2.15. The van der Waals surface area contributed by atoms with Gasteiger partial charge >= 0.3 is 5.97 Å². The molecule has 0 aromatic rings. The number of carboxylic acid groups (broad SMARTS) is 1. The zero-order valence-electron chi connectivity index (χ0n) is 8.44. The normalized spacial score (nSPS) is 30.9. The molecule has 2 fully saturated rings. The van der Waals surface area contributed by atoms with Crippen molar-refractivity contribution in [3.63, 3.8) is 0 Å². The summed E-state index contributed by atoms with van der Waals surface area (Å²) in [5, 5.41) is 11.6. The lowest BCUT2D eigenvalue weighted by atomic mass is 10.1. The van der Waals surface area contributed by atoms with Crippen molar-refractivity contribution in [2.24, 2.45) is 11.8 Å². The predicted octanol–water partition coefficient (Wildman–Crippen LogP) is 0.00230. The molecule has 1 saturated heterocycles. The summed E-state index contributed by atoms with van der Waals surface area (Å²) >= 11 is 0. The molecule has 1 saturated carbocycles. The van der Waals surface area contributed by atoms with Crippen LogP contribution in [-0.2, 0) is 14.3 Å². The zero-order valence-corrected chi connectivity index (χ0v) is 8.44. The smallest absolute Gasteiger partial charge is 0.307 e. The van der Waals surface area contributed by atoms with E-state index in [1.165, 1.54) is 0 Å². The first-order valence-electron chi connectivity index (χ1n) is 5.29. The Kier molecular flexibility index (Phi) is 2.90. The molecule has 0 spiro atoms. The van der Waals surface area contributed by atoms with E-state index in [4.69, 9.17) is 9.84 Å². The van der Waals surface area contributed by atoms with Crippen molar-refractivity contribution in [3.05, 3.63) is 0 Å². The molecule has 0 unspecified atom stereocenters. The van der Waals surface area contributed by atoms with Gasteiger partial charge in [-0.05, 0) is 19.3 Å². The van der Waals surface area contributed by atoms with E-state index in [0.29, 0.717) is 19.6 Å². The molecule has 0 aromatic carbocycles. The molecule has 1 aliphatic heterocycles. The molecule has 1 amide bonds. The van der Waals surface area contributed by atoms with E-state index in [-0.39, 0.29) is 17.9 Å². The van der Waals surface area contributed by atoms with Gasteiger partial charge in [0.1, 0.15) is 0 Å². The zero-order chi connectivity index (χ0) is 10.8. The standard InChI is InChI=1S/C10H15NO4/c12-9(7-5-8(7)10(13)14)11-6-1-3-15-4-2-6/h6-8H,1-5H2,(H,11,12)(H,13,14)/t7-,8+/m1/s1. The average molecular weight is 213 g/mol. The summed E-state index contributed by atoms with van der Waals surface area (Å²) in [5.74, 6) is -1.72. The minimum atomic E-state index is -0.859. The molecule has 2 rings (SSSR count). The molecule has 15 heavy (non-hydrogen) atoms. The van der Waals surface area contributed by atoms with E-state index in [9.17, 15) is 9.59 Å². The summed E-state index contributed by atoms with van der Waals surface area (Å²) in [7, 11) is 0. The van der Waals surface area contributed by atoms with E-state index >= 15 is 0 Å². The molecule has 5 nitrogen and oxygen atoms in total. The Balaban J connectivity index is 1.75. The third-order valence-electron chi connectivity index (χ3n) is 3.01. The highest BCUT2D eigenvalue weighted by Crippen LogP contribution is 2.38. The Bertz CT molecular complexity index is 273. The van der Waals surface area contributed by atoms with Crippen LogP contribution in [0, 0.1) is 11.8 Å². The molecule has 1 heterocycles. The first-order valence-corrected chi connectivity index (χ1v) is 5.29. The van der Waals surface area contributed by atoms with Gasteiger partial charge in [0.2, 0.25) is 5.91 Å². The number of aliphatic carboxylic acids is 1. The molecule has 2 atom stereocenters. The van der Waals surface area contributed by atoms with Gasteiger partial charge in [0, 0.05) is 19.3 Å². The van der Waals surface area contributed by atoms with Crippen LogP contribution in [0.2, 0.25) is 0 Å². The highest BCUT2D eigenvalue weighted by molar-refractivity contribution is 5.89. The molecule has 0 radical (unpaired) electrons. The Hall–Kier alpha value is -1.10. The number of carbonyl (C=O) groups excluding carboxylic acids is 1. The largest absolute Gasteiger partial charge is 0.481 e. The van der Waals surface area contributed by atoms with Crippen molar-refractivity contribution in [1.29, 1.82) is 0 Å². The lowest BCUT2D eigenvalue weighted by molar-refractivity contribution is -0.140. The van der Waals surface area contributed by atoms with Crippen molar-refractivity contribution < 1.29 is 19.4 Å². The molecule has 2 aliphatic rings. The number of ether oxygens (including phenoxy) is 1. The summed E-state index contributed by atoms with van der Waals surface area (Å²) < 4.78 is 5.17. The molecule has 0 bridgehead atoms. The van der Waals surface area contributed by atoms with E-state index in [0.717, 1.165) is 12.8 Å². The topological polar surface area (TPSA) is 75.6 Å². The van der Waals surface area contributed by atoms with Crippen molar-refractivity contribution in [3.8, 4) is 0 Å². The summed E-state index contributed by atoms with van der Waals surface area (Å²) in [6, 6.07) is 0.168. The number of carbonyl (C=O) groups is 2. The van der Waals surface area contributed by atoms with Gasteiger partial charge < -0.3 is 15.2 Å². The van der Waals surface area contributed by atoms with Crippen LogP contribution in [0.15, 0.2) is 0 Å². The third-order valence-corrected chi connectivity index (χ3v) is 3.01. The molecular weight excluding hydrogens is 198 g/mol. The lowest BCUT2D eigenvalue weighted by Gasteiger charge is -2.23. The Morgan fingerprint density at radius 3 is 2.40 bits per heavy atom. The molecule has 0 aromatic heterocycles. The minimum Gasteiger partial charge on any atom is -0.481 e. The van der Waals surface area contributed by atoms with E-state index in [1.807, 2.05) is 0 Å². The molecule has 5 heteroatoms. The fraction of sp³-hybridized carbons (Fsp3) is 0.800. The number of rotatable bonds is 3. The average Bonchev–Trinajstić information content (AvgIpc) is 2.98. The van der Waals surface area contributed by atoms with Crippen LogP contribution in [0.3, 0.4) is 0 Å². The van der Waals surface area contributed by atoms with E-state index < -0.39 is 11.9 Å². The van der Waals surface area contributed by atoms with Crippen molar-refractivity contribution in [2.75, 3.05) is 13.2 Å². The van der Waals surface area contributed by atoms with Crippen LogP contribution in [0.1, 0.15) is 19.3 Å². The molecule has 2 N–H and O–H groups in total. The summed E-state index contributed by atoms with van der Waals surface area (Å²) in [5.41, 5.74) is 0. The van der Waals surface area contributed by atoms with Crippen molar-refractivity contribution in [1.82, 2.24) is 5.32 Å². The molecule has 84 valence electrons. The summed E-state index contributed by atoms with van der Waals surface area (Å²) in [6.45, 7) is 1.36. The van der Waals surface area contributed by atoms with Crippen molar-refractivity contribution >= 4 is 11.9 Å². The Morgan fingerprint density at radius 1 is 1.20 bits per heavy atom. The quantitative estimate of drug-likeness (QED) is 0.692. The first-order chi connectivity index (χ1) is 7.18. The van der Waals surface area contributed by atoms with E-state index in [2.05, 4.69) is 5.32 Å². The first kappa shape index (κ1) is 10.4. The van der Waals surface area contributed by atoms with Gasteiger partial charge in [-0.15, -0.1) is 0 Å². The molecular formula is C10H15NO4. The van der Waals surface area contributed by atoms with Gasteiger partial charge in [-0.2, -0.15) is 0 Å². The Labute approximate surface area is 87.8 Å². The SMILES string of the molecule is O=C(O)[C@H]1C[C@H]1C(=O)NC1CCOCC1. The van der Waals surface area contributed by atoms with Crippen LogP contribution >= 0.6 is 0 Å². The monoisotopic (exact) mass is 213 g/mol. The highest BCUT2D eigenvalue weighted by atomic mass is 16.5. The second-order valence-corrected chi connectivity index (χ2v) is 4.18. The van der Waals surface area contributed by atoms with Gasteiger partial charge in [0.05, 0.1) is 11.8 Å². The van der Waals surface area contributed by atoms with Gasteiger partial charge in [0.15, 0.2) is 0 Å². The van der Waals surface area contributed by atoms with Crippen LogP contribution < -0.4 is 5.32 Å². The predicted molar refractivity (Wildman–Crippen MR) is 51.2 cm³/mol. The second-order valence-electron chi connectivity index (χ2n) is 4.18. The van der Waals surface area contributed by atoms with E-state index in [1.54, 1.807) is 0 Å². The van der Waals surface area contributed by atoms with Crippen LogP contribution in [0.25, 0.3) is 0 Å². The van der Waals surface area contributed by atoms with Gasteiger partial charge in [0.25, 0.3) is 0 Å². The maximum atomic E-state index is 11.6. The van der Waals surface area contributed by atoms with Gasteiger partial charge in [-0.25, -0.2) is 0 Å². The minimum absolute atomic E-state index is 0.102. The van der Waals surface area contributed by atoms with Crippen LogP contribution in [0.5, 0.6) is 0 Å². The number of amides is 1. The maximum absolute atomic E-state index is 11.6. The number of nitrogens with one attached hydrogen (secondary N) is 1. The van der Waals surface area contributed by atoms with Crippen molar-refractivity contribution in [2.45, 2.75) is 25.3 Å². The van der Waals surface area contributed by atoms with Crippen LogP contribution in [0.4, 0.5) is 0 Å². The second kappa shape index (κ2) is 4.18. The third kappa shape index (κ3) is 2.47. The number of hydrogen-bond acceptors (Lipinski definition) is 3. The number of hydrogen-bond donors (Lipinski definition) is 2. The fourth-order valence-corrected chi connectivity index (χ4v) is 1.91. The number of carboxylic acids is 1. The maximum Gasteiger partial charge on any atom is 0.307 e. The van der Waals surface area contributed by atoms with Gasteiger partial charge in [-0.3, -0.25) is 9.59 Å². The highest BCUT2D eigenvalue weighted by Gasteiger charge is 2.48. The lowest BCUT2D eigenvalue weighted by Crippen LogP contribution is -2.40. The summed E-state index contributed by atoms with van der Waals surface area (Å²) in [4.78, 5) is 22.1. The fourth-order valence-electron chi connectivity index (χ4n) is 1.91. The van der Waals surface area contributed by atoms with Gasteiger partial charge in [-0.1, -0.05) is 0 Å².